The average Bonchev–Trinajstić information content (AvgIpc) is 2.41. The van der Waals surface area contributed by atoms with Crippen LogP contribution in [0.5, 0.6) is 0 Å². The Labute approximate surface area is 120 Å². The van der Waals surface area contributed by atoms with E-state index in [0.29, 0.717) is 17.6 Å². The van der Waals surface area contributed by atoms with Crippen LogP contribution in [0.15, 0.2) is 24.3 Å². The van der Waals surface area contributed by atoms with Crippen LogP contribution in [-0.2, 0) is 11.0 Å². The van der Waals surface area contributed by atoms with Crippen molar-refractivity contribution in [2.75, 3.05) is 0 Å². The topological polar surface area (TPSA) is 43.1 Å². The smallest absolute Gasteiger partial charge is 0.417 e. The summed E-state index contributed by atoms with van der Waals surface area (Å²) in [6, 6.07) is 4.85. The molecule has 0 N–H and O–H groups in total. The van der Waals surface area contributed by atoms with Crippen LogP contribution in [0, 0.1) is 5.21 Å². The van der Waals surface area contributed by atoms with Crippen molar-refractivity contribution in [1.82, 2.24) is 0 Å². The Hall–Kier alpha value is -1.85. The van der Waals surface area contributed by atoms with Crippen LogP contribution in [0.4, 0.5) is 13.2 Å². The van der Waals surface area contributed by atoms with Gasteiger partial charge in [0.25, 0.3) is 0 Å². The standard InChI is InChI=1S/C15H16F3NO2/c1-14(9-5-4-8-13(14)20)19(21)10-11-6-2-3-7-12(11)15(16,17)18/h2-3,6-7,10H,4-5,8-9H2,1H3/b19-10-/t14-/m1/s1. The van der Waals surface area contributed by atoms with E-state index in [2.05, 4.69) is 0 Å². The summed E-state index contributed by atoms with van der Waals surface area (Å²) in [7, 11) is 0. The number of hydroxylamine groups is 1. The maximum atomic E-state index is 12.9. The molecule has 0 radical (unpaired) electrons. The number of Topliss-reactive ketones (excluding diaryl/α,β-unsaturated/α-hetero) is 1. The van der Waals surface area contributed by atoms with E-state index in [1.165, 1.54) is 25.1 Å². The van der Waals surface area contributed by atoms with Gasteiger partial charge in [-0.25, -0.2) is 0 Å². The van der Waals surface area contributed by atoms with E-state index in [0.717, 1.165) is 25.1 Å². The third-order valence-electron chi connectivity index (χ3n) is 3.93. The molecule has 0 saturated heterocycles. The predicted octanol–water partition coefficient (Wildman–Crippen LogP) is 3.54. The first kappa shape index (κ1) is 15.5. The zero-order chi connectivity index (χ0) is 15.7. The molecule has 3 nitrogen and oxygen atoms in total. The molecule has 0 amide bonds. The van der Waals surface area contributed by atoms with Crippen LogP contribution >= 0.6 is 0 Å². The summed E-state index contributed by atoms with van der Waals surface area (Å²) in [6.45, 7) is 1.49. The molecule has 6 heteroatoms. The van der Waals surface area contributed by atoms with Crippen LogP contribution in [0.25, 0.3) is 0 Å². The number of carbonyl (C=O) groups excluding carboxylic acids is 1. The van der Waals surface area contributed by atoms with E-state index < -0.39 is 17.3 Å². The summed E-state index contributed by atoms with van der Waals surface area (Å²) in [4.78, 5) is 11.9. The van der Waals surface area contributed by atoms with E-state index in [4.69, 9.17) is 0 Å². The van der Waals surface area contributed by atoms with E-state index in [1.54, 1.807) is 0 Å². The van der Waals surface area contributed by atoms with Gasteiger partial charge >= 0.3 is 6.18 Å². The molecule has 1 aliphatic rings. The molecule has 0 aromatic heterocycles. The van der Waals surface area contributed by atoms with Crippen LogP contribution in [0.3, 0.4) is 0 Å². The van der Waals surface area contributed by atoms with Gasteiger partial charge < -0.3 is 5.21 Å². The van der Waals surface area contributed by atoms with E-state index >= 15 is 0 Å². The van der Waals surface area contributed by atoms with Gasteiger partial charge in [-0.2, -0.15) is 17.9 Å². The van der Waals surface area contributed by atoms with Crippen molar-refractivity contribution in [1.29, 1.82) is 0 Å². The number of carbonyl (C=O) groups is 1. The molecule has 1 aromatic rings. The highest BCUT2D eigenvalue weighted by Crippen LogP contribution is 2.32. The number of hydrogen-bond acceptors (Lipinski definition) is 2. The lowest BCUT2D eigenvalue weighted by Crippen LogP contribution is -2.47. The minimum absolute atomic E-state index is 0.218. The van der Waals surface area contributed by atoms with Crippen molar-refractivity contribution in [2.45, 2.75) is 44.3 Å². The van der Waals surface area contributed by atoms with E-state index in [9.17, 15) is 23.2 Å². The Morgan fingerprint density at radius 2 is 1.95 bits per heavy atom. The second-order valence-electron chi connectivity index (χ2n) is 5.44. The first-order valence-corrected chi connectivity index (χ1v) is 6.76. The Morgan fingerprint density at radius 1 is 1.29 bits per heavy atom. The Balaban J connectivity index is 2.42. The number of benzene rings is 1. The summed E-state index contributed by atoms with van der Waals surface area (Å²) >= 11 is 0. The Kier molecular flexibility index (Phi) is 4.07. The summed E-state index contributed by atoms with van der Waals surface area (Å²) in [5.41, 5.74) is -2.37. The lowest BCUT2D eigenvalue weighted by molar-refractivity contribution is -0.525. The van der Waals surface area contributed by atoms with Crippen LogP contribution in [-0.4, -0.2) is 22.3 Å². The van der Waals surface area contributed by atoms with Crippen LogP contribution in [0.2, 0.25) is 0 Å². The molecule has 1 fully saturated rings. The van der Waals surface area contributed by atoms with E-state index in [-0.39, 0.29) is 11.3 Å². The lowest BCUT2D eigenvalue weighted by atomic mass is 9.82. The predicted molar refractivity (Wildman–Crippen MR) is 72.1 cm³/mol. The second kappa shape index (κ2) is 5.50. The first-order valence-electron chi connectivity index (χ1n) is 6.76. The van der Waals surface area contributed by atoms with Crippen molar-refractivity contribution >= 4 is 12.0 Å². The van der Waals surface area contributed by atoms with Crippen molar-refractivity contribution in [3.63, 3.8) is 0 Å². The zero-order valence-corrected chi connectivity index (χ0v) is 11.6. The van der Waals surface area contributed by atoms with Gasteiger partial charge in [0.05, 0.1) is 11.1 Å². The largest absolute Gasteiger partial charge is 0.623 e. The summed E-state index contributed by atoms with van der Waals surface area (Å²) in [6.07, 6.45) is -1.56. The van der Waals surface area contributed by atoms with Crippen molar-refractivity contribution in [2.24, 2.45) is 0 Å². The highest BCUT2D eigenvalue weighted by molar-refractivity contribution is 5.88. The fraction of sp³-hybridized carbons (Fsp3) is 0.467. The second-order valence-corrected chi connectivity index (χ2v) is 5.44. The van der Waals surface area contributed by atoms with Crippen LogP contribution in [0.1, 0.15) is 43.7 Å². The molecule has 2 rings (SSSR count). The monoisotopic (exact) mass is 299 g/mol. The Bertz CT molecular complexity index is 581. The molecule has 0 unspecified atom stereocenters. The Morgan fingerprint density at radius 3 is 2.57 bits per heavy atom. The molecular formula is C15H16F3NO2. The van der Waals surface area contributed by atoms with E-state index in [1.807, 2.05) is 0 Å². The lowest BCUT2D eigenvalue weighted by Gasteiger charge is -2.30. The van der Waals surface area contributed by atoms with Crippen LogP contribution < -0.4 is 0 Å². The molecule has 1 aliphatic carbocycles. The highest BCUT2D eigenvalue weighted by Gasteiger charge is 2.43. The van der Waals surface area contributed by atoms with Gasteiger partial charge in [0.2, 0.25) is 11.3 Å². The van der Waals surface area contributed by atoms with Crippen molar-refractivity contribution in [3.05, 3.63) is 40.6 Å². The molecule has 1 aromatic carbocycles. The molecule has 0 aliphatic heterocycles. The first-order chi connectivity index (χ1) is 9.75. The minimum Gasteiger partial charge on any atom is -0.623 e. The van der Waals surface area contributed by atoms with Crippen molar-refractivity contribution in [3.8, 4) is 0 Å². The summed E-state index contributed by atoms with van der Waals surface area (Å²) in [5.74, 6) is -0.218. The maximum absolute atomic E-state index is 12.9. The molecular weight excluding hydrogens is 283 g/mol. The number of hydrogen-bond donors (Lipinski definition) is 0. The normalized spacial score (nSPS) is 24.2. The number of halogens is 3. The van der Waals surface area contributed by atoms with Gasteiger partial charge in [0.1, 0.15) is 0 Å². The average molecular weight is 299 g/mol. The molecule has 21 heavy (non-hydrogen) atoms. The fourth-order valence-electron chi connectivity index (χ4n) is 2.53. The zero-order valence-electron chi connectivity index (χ0n) is 11.6. The van der Waals surface area contributed by atoms with Gasteiger partial charge in [0.15, 0.2) is 6.21 Å². The number of alkyl halides is 3. The number of nitrogens with zero attached hydrogens (tertiary/aromatic N) is 1. The van der Waals surface area contributed by atoms with Gasteiger partial charge in [-0.1, -0.05) is 12.1 Å². The fourth-order valence-corrected chi connectivity index (χ4v) is 2.53. The quantitative estimate of drug-likeness (QED) is 0.363. The van der Waals surface area contributed by atoms with Gasteiger partial charge in [0, 0.05) is 19.8 Å². The molecule has 0 heterocycles. The molecule has 1 atom stereocenters. The third-order valence-corrected chi connectivity index (χ3v) is 3.93. The number of rotatable bonds is 2. The molecule has 0 spiro atoms. The molecule has 1 saturated carbocycles. The highest BCUT2D eigenvalue weighted by atomic mass is 19.4. The SMILES string of the molecule is C[C@@]1(/[N+]([O-])=C/c2ccccc2C(F)(F)F)CCCCC1=O. The molecule has 0 bridgehead atoms. The summed E-state index contributed by atoms with van der Waals surface area (Å²) < 4.78 is 39.1. The van der Waals surface area contributed by atoms with Crippen molar-refractivity contribution < 1.29 is 22.7 Å². The maximum Gasteiger partial charge on any atom is 0.417 e. The van der Waals surface area contributed by atoms with Gasteiger partial charge in [-0.05, 0) is 25.0 Å². The van der Waals surface area contributed by atoms with Gasteiger partial charge in [-0.3, -0.25) is 4.79 Å². The molecule has 114 valence electrons. The number of ketones is 1. The minimum atomic E-state index is -4.54. The third kappa shape index (κ3) is 3.09. The summed E-state index contributed by atoms with van der Waals surface area (Å²) in [5, 5.41) is 12.3. The van der Waals surface area contributed by atoms with Gasteiger partial charge in [-0.15, -0.1) is 0 Å².